The van der Waals surface area contributed by atoms with Gasteiger partial charge in [-0.15, -0.1) is 0 Å². The number of anilines is 1. The minimum atomic E-state index is 0.841. The van der Waals surface area contributed by atoms with Crippen LogP contribution in [0.3, 0.4) is 0 Å². The van der Waals surface area contributed by atoms with Crippen LogP contribution in [-0.4, -0.2) is 16.5 Å². The zero-order chi connectivity index (χ0) is 11.9. The van der Waals surface area contributed by atoms with Crippen LogP contribution >= 0.6 is 0 Å². The van der Waals surface area contributed by atoms with Gasteiger partial charge < -0.3 is 5.32 Å². The van der Waals surface area contributed by atoms with Crippen LogP contribution in [0.15, 0.2) is 12.4 Å². The van der Waals surface area contributed by atoms with Crippen molar-refractivity contribution in [3.63, 3.8) is 0 Å². The van der Waals surface area contributed by atoms with Crippen molar-refractivity contribution in [2.24, 2.45) is 5.92 Å². The lowest BCUT2D eigenvalue weighted by Gasteiger charge is -2.21. The van der Waals surface area contributed by atoms with E-state index in [4.69, 9.17) is 0 Å². The highest BCUT2D eigenvalue weighted by Gasteiger charge is 2.13. The first-order chi connectivity index (χ1) is 8.38. The normalized spacial score (nSPS) is 17.0. The molecule has 1 aliphatic rings. The molecule has 3 heteroatoms. The number of nitrogens with zero attached hydrogens (tertiary/aromatic N) is 2. The first-order valence-electron chi connectivity index (χ1n) is 6.93. The zero-order valence-electron chi connectivity index (χ0n) is 10.8. The van der Waals surface area contributed by atoms with Crippen molar-refractivity contribution in [1.82, 2.24) is 9.97 Å². The average Bonchev–Trinajstić information content (AvgIpc) is 2.39. The molecule has 1 aromatic heterocycles. The Labute approximate surface area is 104 Å². The standard InChI is InChI=1S/C14H23N3/c1-2-6-13-9-14(17-11-16-13)15-10-12-7-4-3-5-8-12/h9,11-12H,2-8,10H2,1H3,(H,15,16,17). The number of nitrogens with one attached hydrogen (secondary N) is 1. The van der Waals surface area contributed by atoms with Crippen LogP contribution in [0.4, 0.5) is 5.82 Å². The van der Waals surface area contributed by atoms with Gasteiger partial charge in [0.25, 0.3) is 0 Å². The van der Waals surface area contributed by atoms with Crippen LogP contribution < -0.4 is 5.32 Å². The van der Waals surface area contributed by atoms with Gasteiger partial charge in [-0.2, -0.15) is 0 Å². The predicted octanol–water partition coefficient (Wildman–Crippen LogP) is 3.42. The highest BCUT2D eigenvalue weighted by Crippen LogP contribution is 2.23. The Hall–Kier alpha value is -1.12. The summed E-state index contributed by atoms with van der Waals surface area (Å²) in [5, 5.41) is 3.46. The number of aromatic nitrogens is 2. The van der Waals surface area contributed by atoms with Crippen molar-refractivity contribution in [2.45, 2.75) is 51.9 Å². The average molecular weight is 233 g/mol. The van der Waals surface area contributed by atoms with E-state index < -0.39 is 0 Å². The smallest absolute Gasteiger partial charge is 0.129 e. The van der Waals surface area contributed by atoms with Gasteiger partial charge in [-0.25, -0.2) is 9.97 Å². The topological polar surface area (TPSA) is 37.8 Å². The molecule has 0 saturated heterocycles. The third kappa shape index (κ3) is 3.99. The number of rotatable bonds is 5. The molecule has 1 N–H and O–H groups in total. The summed E-state index contributed by atoms with van der Waals surface area (Å²) in [6.45, 7) is 3.25. The minimum absolute atomic E-state index is 0.841. The molecule has 0 bridgehead atoms. The third-order valence-electron chi connectivity index (χ3n) is 3.53. The summed E-state index contributed by atoms with van der Waals surface area (Å²) in [6, 6.07) is 2.09. The summed E-state index contributed by atoms with van der Waals surface area (Å²) in [6.07, 6.45) is 10.8. The van der Waals surface area contributed by atoms with Gasteiger partial charge in [0, 0.05) is 18.3 Å². The molecule has 1 aromatic rings. The monoisotopic (exact) mass is 233 g/mol. The summed E-state index contributed by atoms with van der Waals surface area (Å²) in [7, 11) is 0. The number of hydrogen-bond donors (Lipinski definition) is 1. The molecule has 3 nitrogen and oxygen atoms in total. The maximum Gasteiger partial charge on any atom is 0.129 e. The molecule has 0 unspecified atom stereocenters. The van der Waals surface area contributed by atoms with Gasteiger partial charge in [0.15, 0.2) is 0 Å². The Morgan fingerprint density at radius 3 is 2.82 bits per heavy atom. The van der Waals surface area contributed by atoms with Crippen molar-refractivity contribution in [2.75, 3.05) is 11.9 Å². The van der Waals surface area contributed by atoms with Crippen LogP contribution in [0.1, 0.15) is 51.1 Å². The van der Waals surface area contributed by atoms with E-state index in [0.29, 0.717) is 0 Å². The van der Waals surface area contributed by atoms with Crippen LogP contribution in [0.2, 0.25) is 0 Å². The molecular formula is C14H23N3. The molecule has 2 rings (SSSR count). The largest absolute Gasteiger partial charge is 0.370 e. The molecule has 94 valence electrons. The van der Waals surface area contributed by atoms with Gasteiger partial charge in [0.05, 0.1) is 0 Å². The first-order valence-corrected chi connectivity index (χ1v) is 6.93. The van der Waals surface area contributed by atoms with Crippen LogP contribution in [0.5, 0.6) is 0 Å². The summed E-state index contributed by atoms with van der Waals surface area (Å²) in [5.41, 5.74) is 1.15. The van der Waals surface area contributed by atoms with E-state index in [9.17, 15) is 0 Å². The van der Waals surface area contributed by atoms with Gasteiger partial charge in [-0.05, 0) is 25.2 Å². The van der Waals surface area contributed by atoms with E-state index in [-0.39, 0.29) is 0 Å². The summed E-state index contributed by atoms with van der Waals surface area (Å²) in [5.74, 6) is 1.84. The Morgan fingerprint density at radius 2 is 2.06 bits per heavy atom. The Balaban J connectivity index is 1.83. The molecule has 1 aliphatic carbocycles. The van der Waals surface area contributed by atoms with Crippen molar-refractivity contribution < 1.29 is 0 Å². The molecule has 0 atom stereocenters. The second kappa shape index (κ2) is 6.58. The molecule has 0 aromatic carbocycles. The molecule has 0 spiro atoms. The van der Waals surface area contributed by atoms with Crippen molar-refractivity contribution >= 4 is 5.82 Å². The molecule has 1 fully saturated rings. The van der Waals surface area contributed by atoms with Gasteiger partial charge in [-0.3, -0.25) is 0 Å². The fourth-order valence-corrected chi connectivity index (χ4v) is 2.53. The van der Waals surface area contributed by atoms with Gasteiger partial charge in [0.1, 0.15) is 12.1 Å². The highest BCUT2D eigenvalue weighted by molar-refractivity contribution is 5.34. The second-order valence-corrected chi connectivity index (χ2v) is 5.03. The lowest BCUT2D eigenvalue weighted by molar-refractivity contribution is 0.373. The highest BCUT2D eigenvalue weighted by atomic mass is 15.0. The lowest BCUT2D eigenvalue weighted by Crippen LogP contribution is -2.17. The Bertz CT molecular complexity index is 332. The zero-order valence-corrected chi connectivity index (χ0v) is 10.8. The fraction of sp³-hybridized carbons (Fsp3) is 0.714. The molecular weight excluding hydrogens is 210 g/mol. The maximum atomic E-state index is 4.28. The first kappa shape index (κ1) is 12.3. The second-order valence-electron chi connectivity index (χ2n) is 5.03. The lowest BCUT2D eigenvalue weighted by atomic mass is 9.89. The summed E-state index contributed by atoms with van der Waals surface area (Å²) in [4.78, 5) is 8.56. The minimum Gasteiger partial charge on any atom is -0.370 e. The van der Waals surface area contributed by atoms with Crippen molar-refractivity contribution in [1.29, 1.82) is 0 Å². The maximum absolute atomic E-state index is 4.28. The van der Waals surface area contributed by atoms with E-state index in [1.807, 2.05) is 0 Å². The third-order valence-corrected chi connectivity index (χ3v) is 3.53. The van der Waals surface area contributed by atoms with E-state index in [1.165, 1.54) is 32.1 Å². The Kier molecular flexibility index (Phi) is 4.77. The van der Waals surface area contributed by atoms with Gasteiger partial charge in [-0.1, -0.05) is 32.6 Å². The molecule has 0 radical (unpaired) electrons. The molecule has 0 amide bonds. The summed E-state index contributed by atoms with van der Waals surface area (Å²) >= 11 is 0. The quantitative estimate of drug-likeness (QED) is 0.846. The predicted molar refractivity (Wildman–Crippen MR) is 71.1 cm³/mol. The number of aryl methyl sites for hydroxylation is 1. The Morgan fingerprint density at radius 1 is 1.24 bits per heavy atom. The SMILES string of the molecule is CCCc1cc(NCC2CCCCC2)ncn1. The molecule has 1 heterocycles. The van der Waals surface area contributed by atoms with Crippen molar-refractivity contribution in [3.05, 3.63) is 18.1 Å². The van der Waals surface area contributed by atoms with Gasteiger partial charge >= 0.3 is 0 Å². The fourth-order valence-electron chi connectivity index (χ4n) is 2.53. The van der Waals surface area contributed by atoms with E-state index in [0.717, 1.165) is 36.8 Å². The van der Waals surface area contributed by atoms with E-state index in [1.54, 1.807) is 6.33 Å². The van der Waals surface area contributed by atoms with Gasteiger partial charge in [0.2, 0.25) is 0 Å². The molecule has 17 heavy (non-hydrogen) atoms. The summed E-state index contributed by atoms with van der Waals surface area (Å²) < 4.78 is 0. The van der Waals surface area contributed by atoms with Crippen LogP contribution in [-0.2, 0) is 6.42 Å². The van der Waals surface area contributed by atoms with E-state index >= 15 is 0 Å². The van der Waals surface area contributed by atoms with Crippen molar-refractivity contribution in [3.8, 4) is 0 Å². The molecule has 0 aliphatic heterocycles. The van der Waals surface area contributed by atoms with E-state index in [2.05, 4.69) is 28.3 Å². The molecule has 1 saturated carbocycles. The number of hydrogen-bond acceptors (Lipinski definition) is 3. The van der Waals surface area contributed by atoms with Crippen LogP contribution in [0, 0.1) is 5.92 Å². The van der Waals surface area contributed by atoms with Crippen LogP contribution in [0.25, 0.3) is 0 Å².